The number of hydrogen-bond donors (Lipinski definition) is 0. The van der Waals surface area contributed by atoms with Gasteiger partial charge < -0.3 is 0 Å². The van der Waals surface area contributed by atoms with Crippen LogP contribution in [0.4, 0.5) is 13.2 Å². The number of benzene rings is 1. The number of alkyl halides is 3. The Morgan fingerprint density at radius 1 is 1.26 bits per heavy atom. The van der Waals surface area contributed by atoms with Gasteiger partial charge in [0.15, 0.2) is 0 Å². The smallest absolute Gasteiger partial charge is 0.207 e. The van der Waals surface area contributed by atoms with Crippen LogP contribution in [0.25, 0.3) is 0 Å². The SMILES string of the molecule is CN(CC(F)(F)F)S(=O)(=O)c1ccc(CC#N)cc1. The monoisotopic (exact) mass is 292 g/mol. The van der Waals surface area contributed by atoms with E-state index < -0.39 is 22.7 Å². The van der Waals surface area contributed by atoms with Gasteiger partial charge in [0.05, 0.1) is 17.4 Å². The molecule has 0 N–H and O–H groups in total. The number of sulfonamides is 1. The first-order valence-corrected chi connectivity index (χ1v) is 6.60. The van der Waals surface area contributed by atoms with E-state index in [2.05, 4.69) is 0 Å². The zero-order valence-electron chi connectivity index (χ0n) is 9.98. The van der Waals surface area contributed by atoms with E-state index in [0.29, 0.717) is 5.56 Å². The minimum absolute atomic E-state index is 0.110. The van der Waals surface area contributed by atoms with E-state index in [1.165, 1.54) is 24.3 Å². The minimum Gasteiger partial charge on any atom is -0.207 e. The molecule has 0 aromatic heterocycles. The van der Waals surface area contributed by atoms with Crippen molar-refractivity contribution in [3.8, 4) is 6.07 Å². The number of rotatable bonds is 4. The number of nitrogens with zero attached hydrogens (tertiary/aromatic N) is 2. The summed E-state index contributed by atoms with van der Waals surface area (Å²) in [6, 6.07) is 7.07. The molecule has 1 aromatic carbocycles. The van der Waals surface area contributed by atoms with Gasteiger partial charge in [-0.1, -0.05) is 12.1 Å². The van der Waals surface area contributed by atoms with Crippen molar-refractivity contribution >= 4 is 10.0 Å². The summed E-state index contributed by atoms with van der Waals surface area (Å²) in [6.45, 7) is -1.55. The fourth-order valence-corrected chi connectivity index (χ4v) is 2.54. The average Bonchev–Trinajstić information content (AvgIpc) is 2.28. The Labute approximate surface area is 109 Å². The lowest BCUT2D eigenvalue weighted by Gasteiger charge is -2.18. The van der Waals surface area contributed by atoms with Gasteiger partial charge in [-0.2, -0.15) is 22.7 Å². The predicted octanol–water partition coefficient (Wildman–Crippen LogP) is 1.94. The summed E-state index contributed by atoms with van der Waals surface area (Å²) >= 11 is 0. The van der Waals surface area contributed by atoms with Gasteiger partial charge in [0.1, 0.15) is 6.54 Å². The van der Waals surface area contributed by atoms with Crippen LogP contribution < -0.4 is 0 Å². The van der Waals surface area contributed by atoms with Crippen LogP contribution in [0.3, 0.4) is 0 Å². The summed E-state index contributed by atoms with van der Waals surface area (Å²) < 4.78 is 60.4. The first-order valence-electron chi connectivity index (χ1n) is 5.16. The molecule has 0 atom stereocenters. The van der Waals surface area contributed by atoms with Crippen molar-refractivity contribution in [3.05, 3.63) is 29.8 Å². The van der Waals surface area contributed by atoms with Crippen LogP contribution in [0.2, 0.25) is 0 Å². The molecule has 0 amide bonds. The van der Waals surface area contributed by atoms with Gasteiger partial charge in [-0.15, -0.1) is 0 Å². The van der Waals surface area contributed by atoms with Crippen molar-refractivity contribution in [1.82, 2.24) is 4.31 Å². The largest absolute Gasteiger partial charge is 0.402 e. The topological polar surface area (TPSA) is 61.2 Å². The number of nitriles is 1. The maximum atomic E-state index is 12.2. The van der Waals surface area contributed by atoms with E-state index in [4.69, 9.17) is 5.26 Å². The average molecular weight is 292 g/mol. The van der Waals surface area contributed by atoms with Gasteiger partial charge in [-0.25, -0.2) is 8.42 Å². The molecule has 19 heavy (non-hydrogen) atoms. The third kappa shape index (κ3) is 4.22. The molecule has 0 heterocycles. The zero-order chi connectivity index (χ0) is 14.7. The summed E-state index contributed by atoms with van der Waals surface area (Å²) in [4.78, 5) is -0.235. The fourth-order valence-electron chi connectivity index (χ4n) is 1.39. The molecule has 0 radical (unpaired) electrons. The molecule has 104 valence electrons. The van der Waals surface area contributed by atoms with E-state index in [1.54, 1.807) is 0 Å². The van der Waals surface area contributed by atoms with Crippen LogP contribution in [0.5, 0.6) is 0 Å². The van der Waals surface area contributed by atoms with Crippen LogP contribution in [0, 0.1) is 11.3 Å². The Morgan fingerprint density at radius 2 is 1.79 bits per heavy atom. The summed E-state index contributed by atoms with van der Waals surface area (Å²) in [6.07, 6.45) is -4.48. The van der Waals surface area contributed by atoms with Crippen LogP contribution in [0.15, 0.2) is 29.2 Å². The first kappa shape index (κ1) is 15.5. The van der Waals surface area contributed by atoms with Crippen molar-refractivity contribution < 1.29 is 21.6 Å². The van der Waals surface area contributed by atoms with Crippen LogP contribution in [-0.4, -0.2) is 32.5 Å². The Kier molecular flexibility index (Phi) is 4.55. The Hall–Kier alpha value is -1.59. The first-order chi connectivity index (χ1) is 8.66. The summed E-state index contributed by atoms with van der Waals surface area (Å²) in [7, 11) is -3.31. The molecule has 8 heteroatoms. The second-order valence-corrected chi connectivity index (χ2v) is 5.90. The molecule has 0 aliphatic carbocycles. The molecular formula is C11H11F3N2O2S. The Morgan fingerprint density at radius 3 is 2.21 bits per heavy atom. The van der Waals surface area contributed by atoms with Crippen molar-refractivity contribution in [2.75, 3.05) is 13.6 Å². The highest BCUT2D eigenvalue weighted by Crippen LogP contribution is 2.21. The molecule has 0 aliphatic rings. The fraction of sp³-hybridized carbons (Fsp3) is 0.364. The minimum atomic E-state index is -4.59. The highest BCUT2D eigenvalue weighted by molar-refractivity contribution is 7.89. The van der Waals surface area contributed by atoms with Crippen LogP contribution in [-0.2, 0) is 16.4 Å². The third-order valence-electron chi connectivity index (χ3n) is 2.32. The molecule has 0 spiro atoms. The van der Waals surface area contributed by atoms with Crippen molar-refractivity contribution in [1.29, 1.82) is 5.26 Å². The Bertz CT molecular complexity index is 573. The lowest BCUT2D eigenvalue weighted by Crippen LogP contribution is -2.35. The number of hydrogen-bond acceptors (Lipinski definition) is 3. The molecule has 0 bridgehead atoms. The van der Waals surface area contributed by atoms with Crippen molar-refractivity contribution in [3.63, 3.8) is 0 Å². The maximum absolute atomic E-state index is 12.2. The maximum Gasteiger partial charge on any atom is 0.402 e. The highest BCUT2D eigenvalue weighted by Gasteiger charge is 2.34. The second-order valence-electron chi connectivity index (χ2n) is 3.86. The van der Waals surface area contributed by atoms with Gasteiger partial charge in [0.2, 0.25) is 10.0 Å². The summed E-state index contributed by atoms with van der Waals surface area (Å²) in [5.41, 5.74) is 0.597. The lowest BCUT2D eigenvalue weighted by atomic mass is 10.2. The standard InChI is InChI=1S/C11H11F3N2O2S/c1-16(8-11(12,13)14)19(17,18)10-4-2-9(3-5-10)6-7-15/h2-5H,6,8H2,1H3. The molecule has 1 aromatic rings. The second kappa shape index (κ2) is 5.59. The quantitative estimate of drug-likeness (QED) is 0.852. The highest BCUT2D eigenvalue weighted by atomic mass is 32.2. The van der Waals surface area contributed by atoms with E-state index >= 15 is 0 Å². The van der Waals surface area contributed by atoms with E-state index in [0.717, 1.165) is 7.05 Å². The predicted molar refractivity (Wildman–Crippen MR) is 61.6 cm³/mol. The van der Waals surface area contributed by atoms with E-state index in [-0.39, 0.29) is 15.6 Å². The van der Waals surface area contributed by atoms with Gasteiger partial charge in [0.25, 0.3) is 0 Å². The van der Waals surface area contributed by atoms with Gasteiger partial charge in [-0.3, -0.25) is 0 Å². The lowest BCUT2D eigenvalue weighted by molar-refractivity contribution is -0.134. The molecule has 0 unspecified atom stereocenters. The van der Waals surface area contributed by atoms with Crippen LogP contribution in [0.1, 0.15) is 5.56 Å². The zero-order valence-corrected chi connectivity index (χ0v) is 10.8. The van der Waals surface area contributed by atoms with Gasteiger partial charge in [-0.05, 0) is 17.7 Å². The molecule has 4 nitrogen and oxygen atoms in total. The molecule has 0 aliphatic heterocycles. The van der Waals surface area contributed by atoms with Crippen molar-refractivity contribution in [2.45, 2.75) is 17.5 Å². The molecule has 1 rings (SSSR count). The Balaban J connectivity index is 2.97. The normalized spacial score (nSPS) is 12.4. The third-order valence-corrected chi connectivity index (χ3v) is 4.13. The molecule has 0 saturated carbocycles. The van der Waals surface area contributed by atoms with E-state index in [1.807, 2.05) is 6.07 Å². The molecule has 0 fully saturated rings. The van der Waals surface area contributed by atoms with Gasteiger partial charge >= 0.3 is 6.18 Å². The van der Waals surface area contributed by atoms with Gasteiger partial charge in [0, 0.05) is 7.05 Å². The number of halogens is 3. The molecule has 0 saturated heterocycles. The van der Waals surface area contributed by atoms with Crippen molar-refractivity contribution in [2.24, 2.45) is 0 Å². The van der Waals surface area contributed by atoms with E-state index in [9.17, 15) is 21.6 Å². The summed E-state index contributed by atoms with van der Waals surface area (Å²) in [5.74, 6) is 0. The van der Waals surface area contributed by atoms with Crippen LogP contribution >= 0.6 is 0 Å². The summed E-state index contributed by atoms with van der Waals surface area (Å²) in [5, 5.41) is 8.46. The molecular weight excluding hydrogens is 281 g/mol.